The maximum atomic E-state index is 4.68. The molecule has 8 heteroatoms. The predicted octanol–water partition coefficient (Wildman–Crippen LogP) is 0.474. The molecule has 2 aromatic heterocycles. The van der Waals surface area contributed by atoms with Crippen LogP contribution in [0.1, 0.15) is 12.8 Å². The first kappa shape index (κ1) is 19.3. The second-order valence-corrected chi connectivity index (χ2v) is 6.88. The van der Waals surface area contributed by atoms with Gasteiger partial charge in [-0.15, -0.1) is 13.1 Å². The standard InChI is InChI=1S/C19H22N7.Rb/c1-2-13(1)22-18-16-7-8-21-17(16)24-19(25-18)23-14-3-5-15(6-4-14)26-11-9-20-10-12-26;/h3-8,13H,1-2,9-12H2,(H3,21,22,23,24,25);/q-1;+1. The largest absolute Gasteiger partial charge is 1.00 e. The summed E-state index contributed by atoms with van der Waals surface area (Å²) in [6.07, 6.45) is 4.33. The molecule has 5 rings (SSSR count). The van der Waals surface area contributed by atoms with Gasteiger partial charge in [-0.3, -0.25) is 0 Å². The quantitative estimate of drug-likeness (QED) is 0.545. The number of benzene rings is 1. The molecule has 0 atom stereocenters. The molecule has 0 radical (unpaired) electrons. The van der Waals surface area contributed by atoms with E-state index in [-0.39, 0.29) is 58.2 Å². The smallest absolute Gasteiger partial charge is 0.659 e. The van der Waals surface area contributed by atoms with E-state index in [4.69, 9.17) is 0 Å². The molecule has 1 aliphatic heterocycles. The summed E-state index contributed by atoms with van der Waals surface area (Å²) < 4.78 is 0. The van der Waals surface area contributed by atoms with E-state index >= 15 is 0 Å². The third kappa shape index (κ3) is 4.54. The van der Waals surface area contributed by atoms with Crippen molar-refractivity contribution in [2.24, 2.45) is 0 Å². The van der Waals surface area contributed by atoms with Crippen molar-refractivity contribution in [1.29, 1.82) is 0 Å². The van der Waals surface area contributed by atoms with Crippen LogP contribution >= 0.6 is 0 Å². The van der Waals surface area contributed by atoms with Gasteiger partial charge in [-0.25, -0.2) is 0 Å². The number of nitrogens with one attached hydrogen (secondary N) is 3. The van der Waals surface area contributed by atoms with Gasteiger partial charge in [0.05, 0.1) is 5.39 Å². The van der Waals surface area contributed by atoms with Gasteiger partial charge in [0.1, 0.15) is 11.5 Å². The van der Waals surface area contributed by atoms with E-state index in [2.05, 4.69) is 60.1 Å². The fourth-order valence-corrected chi connectivity index (χ4v) is 3.28. The van der Waals surface area contributed by atoms with E-state index < -0.39 is 0 Å². The predicted molar refractivity (Wildman–Crippen MR) is 106 cm³/mol. The zero-order valence-electron chi connectivity index (χ0n) is 15.6. The third-order valence-corrected chi connectivity index (χ3v) is 4.88. The maximum absolute atomic E-state index is 4.68. The molecule has 134 valence electrons. The molecule has 2 aliphatic rings. The van der Waals surface area contributed by atoms with Crippen LogP contribution in [0.4, 0.5) is 23.1 Å². The van der Waals surface area contributed by atoms with E-state index in [1.54, 1.807) is 0 Å². The van der Waals surface area contributed by atoms with Crippen LogP contribution in [0.2, 0.25) is 0 Å². The average Bonchev–Trinajstić information content (AvgIpc) is 3.37. The molecule has 1 aliphatic carbocycles. The Morgan fingerprint density at radius 3 is 2.56 bits per heavy atom. The number of fused-ring (bicyclic) bond motifs is 1. The Balaban J connectivity index is 0.00000180. The number of rotatable bonds is 5. The number of hydrogen-bond donors (Lipinski definition) is 3. The molecule has 7 nitrogen and oxygen atoms in total. The van der Waals surface area contributed by atoms with Gasteiger partial charge in [-0.1, -0.05) is 0 Å². The van der Waals surface area contributed by atoms with E-state index in [9.17, 15) is 0 Å². The van der Waals surface area contributed by atoms with Crippen molar-refractivity contribution < 1.29 is 58.2 Å². The van der Waals surface area contributed by atoms with Gasteiger partial charge in [-0.05, 0) is 56.3 Å². The molecule has 3 aromatic rings. The second kappa shape index (κ2) is 8.57. The third-order valence-electron chi connectivity index (χ3n) is 4.88. The van der Waals surface area contributed by atoms with E-state index in [0.29, 0.717) is 12.0 Å². The van der Waals surface area contributed by atoms with Gasteiger partial charge >= 0.3 is 58.2 Å². The summed E-state index contributed by atoms with van der Waals surface area (Å²) >= 11 is 0. The minimum atomic E-state index is 0. The van der Waals surface area contributed by atoms with Gasteiger partial charge < -0.3 is 25.8 Å². The molecule has 1 saturated carbocycles. The molecule has 0 spiro atoms. The Morgan fingerprint density at radius 1 is 1.04 bits per heavy atom. The number of H-pyrrole nitrogens is 1. The molecular formula is C19H22N7Rb. The van der Waals surface area contributed by atoms with E-state index in [1.807, 2.05) is 12.3 Å². The normalized spacial score (nSPS) is 16.8. The van der Waals surface area contributed by atoms with Crippen LogP contribution in [0.5, 0.6) is 0 Å². The molecular weight excluding hydrogens is 412 g/mol. The fraction of sp³-hybridized carbons (Fsp3) is 0.368. The van der Waals surface area contributed by atoms with Crippen LogP contribution in [0, 0.1) is 0 Å². The van der Waals surface area contributed by atoms with Crippen molar-refractivity contribution in [3.05, 3.63) is 41.8 Å². The zero-order valence-corrected chi connectivity index (χ0v) is 20.5. The molecule has 3 heterocycles. The van der Waals surface area contributed by atoms with Crippen LogP contribution in [0.3, 0.4) is 0 Å². The van der Waals surface area contributed by atoms with Gasteiger partial charge in [0.2, 0.25) is 5.95 Å². The number of aromatic amines is 1. The van der Waals surface area contributed by atoms with Crippen LogP contribution < -0.4 is 73.7 Å². The first-order valence-corrected chi connectivity index (χ1v) is 9.22. The Morgan fingerprint density at radius 2 is 1.81 bits per heavy atom. The van der Waals surface area contributed by atoms with Crippen molar-refractivity contribution in [1.82, 2.24) is 15.0 Å². The summed E-state index contributed by atoms with van der Waals surface area (Å²) in [6, 6.07) is 11.0. The number of nitrogens with zero attached hydrogens (tertiary/aromatic N) is 4. The minimum Gasteiger partial charge on any atom is -0.659 e. The van der Waals surface area contributed by atoms with E-state index in [0.717, 1.165) is 48.7 Å². The number of piperazine rings is 1. The topological polar surface area (TPSA) is 83.0 Å². The summed E-state index contributed by atoms with van der Waals surface area (Å²) in [4.78, 5) is 14.8. The minimum absolute atomic E-state index is 0. The maximum Gasteiger partial charge on any atom is 1.00 e. The van der Waals surface area contributed by atoms with Crippen molar-refractivity contribution in [3.63, 3.8) is 0 Å². The molecule has 1 saturated heterocycles. The summed E-state index contributed by atoms with van der Waals surface area (Å²) in [6.45, 7) is 3.83. The number of anilines is 4. The molecule has 1 aromatic carbocycles. The Kier molecular flexibility index (Phi) is 6.13. The molecule has 27 heavy (non-hydrogen) atoms. The molecule has 2 fully saturated rings. The Bertz CT molecular complexity index is 898. The van der Waals surface area contributed by atoms with E-state index in [1.165, 1.54) is 18.5 Å². The molecule has 0 bridgehead atoms. The Hall–Kier alpha value is -0.995. The summed E-state index contributed by atoms with van der Waals surface area (Å²) in [5.41, 5.74) is 3.07. The van der Waals surface area contributed by atoms with Crippen molar-refractivity contribution in [2.45, 2.75) is 18.9 Å². The monoisotopic (exact) mass is 433 g/mol. The van der Waals surface area contributed by atoms with Crippen LogP contribution in [-0.2, 0) is 0 Å². The molecule has 0 amide bonds. The first-order chi connectivity index (χ1) is 12.8. The summed E-state index contributed by atoms with van der Waals surface area (Å²) in [5, 5.41) is 12.3. The molecule has 3 N–H and O–H groups in total. The van der Waals surface area contributed by atoms with Gasteiger partial charge in [0, 0.05) is 23.6 Å². The average molecular weight is 434 g/mol. The molecule has 0 unspecified atom stereocenters. The van der Waals surface area contributed by atoms with Gasteiger partial charge in [-0.2, -0.15) is 9.97 Å². The van der Waals surface area contributed by atoms with Gasteiger partial charge in [0.25, 0.3) is 0 Å². The zero-order chi connectivity index (χ0) is 17.3. The van der Waals surface area contributed by atoms with Crippen LogP contribution in [-0.4, -0.2) is 47.2 Å². The van der Waals surface area contributed by atoms with Gasteiger partial charge in [0.15, 0.2) is 0 Å². The van der Waals surface area contributed by atoms with Crippen molar-refractivity contribution >= 4 is 34.2 Å². The first-order valence-electron chi connectivity index (χ1n) is 9.22. The van der Waals surface area contributed by atoms with Crippen LogP contribution in [0.25, 0.3) is 16.4 Å². The second-order valence-electron chi connectivity index (χ2n) is 6.88. The SMILES string of the molecule is [Rb+].c1cc2c(NC3CC3)nc(Nc3ccc(N4CC[N-]CC4)cc3)nc2[nH]1. The Labute approximate surface area is 207 Å². The van der Waals surface area contributed by atoms with Crippen molar-refractivity contribution in [2.75, 3.05) is 41.7 Å². The van der Waals surface area contributed by atoms with Crippen LogP contribution in [0.15, 0.2) is 36.5 Å². The number of aromatic nitrogens is 3. The van der Waals surface area contributed by atoms with Crippen molar-refractivity contribution in [3.8, 4) is 0 Å². The summed E-state index contributed by atoms with van der Waals surface area (Å²) in [5.74, 6) is 1.50. The summed E-state index contributed by atoms with van der Waals surface area (Å²) in [7, 11) is 0. The fourth-order valence-electron chi connectivity index (χ4n) is 3.28. The number of hydrogen-bond acceptors (Lipinski definition) is 5.